The predicted octanol–water partition coefficient (Wildman–Crippen LogP) is 2.60. The lowest BCUT2D eigenvalue weighted by Gasteiger charge is -2.42. The van der Waals surface area contributed by atoms with Gasteiger partial charge in [0.15, 0.2) is 0 Å². The highest BCUT2D eigenvalue weighted by Gasteiger charge is 2.39. The van der Waals surface area contributed by atoms with E-state index in [0.717, 1.165) is 25.2 Å². The Morgan fingerprint density at radius 1 is 1.19 bits per heavy atom. The zero-order chi connectivity index (χ0) is 12.0. The van der Waals surface area contributed by atoms with E-state index in [9.17, 15) is 0 Å². The summed E-state index contributed by atoms with van der Waals surface area (Å²) in [5.74, 6) is 6.45. The molecule has 3 heteroatoms. The first-order valence-corrected chi connectivity index (χ1v) is 6.66. The number of methoxy groups -OCH3 is 1. The molecular weight excluding hydrogens is 200 g/mol. The minimum absolute atomic E-state index is 0.0120. The molecule has 1 atom stereocenters. The van der Waals surface area contributed by atoms with Crippen LogP contribution in [0.2, 0.25) is 0 Å². The van der Waals surface area contributed by atoms with E-state index in [2.05, 4.69) is 19.3 Å². The van der Waals surface area contributed by atoms with Crippen LogP contribution in [0.1, 0.15) is 58.8 Å². The van der Waals surface area contributed by atoms with E-state index in [0.29, 0.717) is 6.04 Å². The van der Waals surface area contributed by atoms with Crippen molar-refractivity contribution >= 4 is 0 Å². The van der Waals surface area contributed by atoms with Crippen molar-refractivity contribution in [1.82, 2.24) is 5.43 Å². The Balaban J connectivity index is 2.58. The molecule has 96 valence electrons. The molecule has 1 fully saturated rings. The number of rotatable bonds is 6. The van der Waals surface area contributed by atoms with Gasteiger partial charge in [-0.15, -0.1) is 0 Å². The molecule has 0 aromatic rings. The first-order chi connectivity index (χ1) is 7.64. The summed E-state index contributed by atoms with van der Waals surface area (Å²) < 4.78 is 5.82. The average Bonchev–Trinajstić information content (AvgIpc) is 2.30. The van der Waals surface area contributed by atoms with Crippen LogP contribution < -0.4 is 11.3 Å². The lowest BCUT2D eigenvalue weighted by atomic mass is 9.77. The second kappa shape index (κ2) is 6.58. The summed E-state index contributed by atoms with van der Waals surface area (Å²) in [7, 11) is 1.84. The van der Waals surface area contributed by atoms with Gasteiger partial charge >= 0.3 is 0 Å². The van der Waals surface area contributed by atoms with Crippen LogP contribution in [0.15, 0.2) is 0 Å². The summed E-state index contributed by atoms with van der Waals surface area (Å²) >= 11 is 0. The van der Waals surface area contributed by atoms with Crippen LogP contribution in [-0.2, 0) is 4.74 Å². The molecule has 0 heterocycles. The molecule has 0 aliphatic heterocycles. The fourth-order valence-electron chi connectivity index (χ4n) is 2.84. The summed E-state index contributed by atoms with van der Waals surface area (Å²) in [5.41, 5.74) is 2.98. The van der Waals surface area contributed by atoms with Crippen molar-refractivity contribution in [2.45, 2.75) is 70.4 Å². The molecule has 1 rings (SSSR count). The summed E-state index contributed by atoms with van der Waals surface area (Å²) in [6.45, 7) is 4.52. The number of ether oxygens (including phenoxy) is 1. The molecule has 1 saturated carbocycles. The van der Waals surface area contributed by atoms with E-state index in [1.165, 1.54) is 25.7 Å². The number of hydrogen-bond donors (Lipinski definition) is 2. The number of hydrazine groups is 1. The summed E-state index contributed by atoms with van der Waals surface area (Å²) in [5, 5.41) is 0. The van der Waals surface area contributed by atoms with E-state index in [4.69, 9.17) is 10.6 Å². The first kappa shape index (κ1) is 13.9. The van der Waals surface area contributed by atoms with Gasteiger partial charge in [-0.05, 0) is 31.6 Å². The monoisotopic (exact) mass is 228 g/mol. The van der Waals surface area contributed by atoms with Crippen molar-refractivity contribution < 1.29 is 4.74 Å². The second-order valence-corrected chi connectivity index (χ2v) is 5.52. The van der Waals surface area contributed by atoms with Gasteiger partial charge in [0, 0.05) is 7.11 Å². The minimum atomic E-state index is -0.0120. The van der Waals surface area contributed by atoms with Gasteiger partial charge in [0.25, 0.3) is 0 Å². The van der Waals surface area contributed by atoms with E-state index in [1.54, 1.807) is 0 Å². The fraction of sp³-hybridized carbons (Fsp3) is 1.00. The molecule has 0 spiro atoms. The maximum Gasteiger partial charge on any atom is 0.0844 e. The zero-order valence-corrected chi connectivity index (χ0v) is 11.1. The Morgan fingerprint density at radius 2 is 1.81 bits per heavy atom. The third kappa shape index (κ3) is 3.44. The highest BCUT2D eigenvalue weighted by molar-refractivity contribution is 4.94. The van der Waals surface area contributed by atoms with Crippen molar-refractivity contribution in [3.8, 4) is 0 Å². The lowest BCUT2D eigenvalue weighted by molar-refractivity contribution is -0.0702. The topological polar surface area (TPSA) is 47.3 Å². The average molecular weight is 228 g/mol. The van der Waals surface area contributed by atoms with Gasteiger partial charge in [-0.3, -0.25) is 11.3 Å². The third-order valence-electron chi connectivity index (χ3n) is 3.98. The van der Waals surface area contributed by atoms with Gasteiger partial charge < -0.3 is 4.74 Å². The van der Waals surface area contributed by atoms with Gasteiger partial charge in [0.1, 0.15) is 0 Å². The molecule has 3 N–H and O–H groups in total. The van der Waals surface area contributed by atoms with Gasteiger partial charge in [-0.2, -0.15) is 0 Å². The molecular formula is C13H28N2O. The third-order valence-corrected chi connectivity index (χ3v) is 3.98. The standard InChI is InChI=1S/C13H28N2O/c1-11(2)7-8-12(15-14)13(16-3)9-5-4-6-10-13/h11-12,15H,4-10,14H2,1-3H3. The molecule has 16 heavy (non-hydrogen) atoms. The van der Waals surface area contributed by atoms with Gasteiger partial charge in [-0.1, -0.05) is 33.1 Å². The Labute approximate surface area is 100 Å². The van der Waals surface area contributed by atoms with E-state index in [-0.39, 0.29) is 5.60 Å². The van der Waals surface area contributed by atoms with Crippen LogP contribution in [0, 0.1) is 5.92 Å². The fourth-order valence-corrected chi connectivity index (χ4v) is 2.84. The number of nitrogens with two attached hydrogens (primary N) is 1. The van der Waals surface area contributed by atoms with Gasteiger partial charge in [-0.25, -0.2) is 0 Å². The summed E-state index contributed by atoms with van der Waals surface area (Å²) in [4.78, 5) is 0. The number of hydrogen-bond acceptors (Lipinski definition) is 3. The highest BCUT2D eigenvalue weighted by atomic mass is 16.5. The Kier molecular flexibility index (Phi) is 5.73. The lowest BCUT2D eigenvalue weighted by Crippen LogP contribution is -2.55. The predicted molar refractivity (Wildman–Crippen MR) is 68.0 cm³/mol. The van der Waals surface area contributed by atoms with Crippen LogP contribution >= 0.6 is 0 Å². The molecule has 1 aliphatic carbocycles. The Bertz CT molecular complexity index is 188. The largest absolute Gasteiger partial charge is 0.377 e. The molecule has 0 saturated heterocycles. The van der Waals surface area contributed by atoms with Crippen LogP contribution in [0.25, 0.3) is 0 Å². The Hall–Kier alpha value is -0.120. The van der Waals surface area contributed by atoms with Crippen molar-refractivity contribution in [1.29, 1.82) is 0 Å². The van der Waals surface area contributed by atoms with Crippen molar-refractivity contribution in [2.75, 3.05) is 7.11 Å². The normalized spacial score (nSPS) is 22.3. The molecule has 1 unspecified atom stereocenters. The molecule has 0 radical (unpaired) electrons. The number of nitrogens with one attached hydrogen (secondary N) is 1. The maximum atomic E-state index is 5.82. The molecule has 0 bridgehead atoms. The van der Waals surface area contributed by atoms with Crippen molar-refractivity contribution in [3.05, 3.63) is 0 Å². The van der Waals surface area contributed by atoms with Crippen LogP contribution in [0.4, 0.5) is 0 Å². The van der Waals surface area contributed by atoms with E-state index >= 15 is 0 Å². The molecule has 0 aromatic heterocycles. The SMILES string of the molecule is COC1(C(CCC(C)C)NN)CCCCC1. The summed E-state index contributed by atoms with van der Waals surface area (Å²) in [6.07, 6.45) is 8.50. The maximum absolute atomic E-state index is 5.82. The van der Waals surface area contributed by atoms with E-state index < -0.39 is 0 Å². The highest BCUT2D eigenvalue weighted by Crippen LogP contribution is 2.35. The van der Waals surface area contributed by atoms with Crippen LogP contribution in [0.5, 0.6) is 0 Å². The van der Waals surface area contributed by atoms with Crippen molar-refractivity contribution in [3.63, 3.8) is 0 Å². The second-order valence-electron chi connectivity index (χ2n) is 5.52. The van der Waals surface area contributed by atoms with Gasteiger partial charge in [0.05, 0.1) is 11.6 Å². The molecule has 0 amide bonds. The molecule has 0 aromatic carbocycles. The van der Waals surface area contributed by atoms with E-state index in [1.807, 2.05) is 7.11 Å². The Morgan fingerprint density at radius 3 is 2.25 bits per heavy atom. The quantitative estimate of drug-likeness (QED) is 0.542. The zero-order valence-electron chi connectivity index (χ0n) is 11.1. The minimum Gasteiger partial charge on any atom is -0.377 e. The summed E-state index contributed by atoms with van der Waals surface area (Å²) in [6, 6.07) is 0.306. The molecule has 3 nitrogen and oxygen atoms in total. The first-order valence-electron chi connectivity index (χ1n) is 6.66. The van der Waals surface area contributed by atoms with Gasteiger partial charge in [0.2, 0.25) is 0 Å². The smallest absolute Gasteiger partial charge is 0.0844 e. The van der Waals surface area contributed by atoms with Crippen LogP contribution in [-0.4, -0.2) is 18.8 Å². The molecule has 1 aliphatic rings. The van der Waals surface area contributed by atoms with Crippen LogP contribution in [0.3, 0.4) is 0 Å². The van der Waals surface area contributed by atoms with Crippen molar-refractivity contribution in [2.24, 2.45) is 11.8 Å².